The molecule has 0 fully saturated rings. The first kappa shape index (κ1) is 44.8. The van der Waals surface area contributed by atoms with Crippen molar-refractivity contribution in [1.82, 2.24) is 0 Å². The summed E-state index contributed by atoms with van der Waals surface area (Å²) in [5.41, 5.74) is 0. The molecule has 4 nitrogen and oxygen atoms in total. The van der Waals surface area contributed by atoms with E-state index >= 15 is 0 Å². The summed E-state index contributed by atoms with van der Waals surface area (Å²) < 4.78 is 11.1. The largest absolute Gasteiger partial charge is 0.457 e. The second kappa shape index (κ2) is 40.0. The Bertz CT molecular complexity index is 820. The number of rotatable bonds is 35. The van der Waals surface area contributed by atoms with Crippen molar-refractivity contribution in [2.24, 2.45) is 0 Å². The lowest BCUT2D eigenvalue weighted by molar-refractivity contribution is -0.154. The minimum Gasteiger partial charge on any atom is -0.457 e. The van der Waals surface area contributed by atoms with E-state index in [1.807, 2.05) is 0 Å². The van der Waals surface area contributed by atoms with E-state index in [2.05, 4.69) is 86.8 Å². The van der Waals surface area contributed by atoms with Gasteiger partial charge < -0.3 is 14.6 Å². The number of aliphatic hydroxyl groups excluding tert-OH is 1. The Labute approximate surface area is 291 Å². The van der Waals surface area contributed by atoms with Gasteiger partial charge in [0.2, 0.25) is 0 Å². The molecule has 0 aromatic rings. The fourth-order valence-electron chi connectivity index (χ4n) is 5.15. The van der Waals surface area contributed by atoms with Crippen LogP contribution in [0.4, 0.5) is 0 Å². The van der Waals surface area contributed by atoms with Crippen molar-refractivity contribution in [3.8, 4) is 0 Å². The Hall–Kier alpha value is -2.17. The lowest BCUT2D eigenvalue weighted by atomic mass is 10.1. The molecule has 0 spiro atoms. The molecule has 0 aliphatic rings. The highest BCUT2D eigenvalue weighted by molar-refractivity contribution is 5.69. The van der Waals surface area contributed by atoms with Gasteiger partial charge in [-0.15, -0.1) is 0 Å². The average molecular weight is 655 g/mol. The number of allylic oxidation sites excluding steroid dienone is 12. The van der Waals surface area contributed by atoms with Gasteiger partial charge in [-0.25, -0.2) is 0 Å². The molecule has 0 bridgehead atoms. The molecule has 0 aromatic carbocycles. The molecule has 0 aliphatic carbocycles. The van der Waals surface area contributed by atoms with Crippen LogP contribution in [-0.4, -0.2) is 37.0 Å². The van der Waals surface area contributed by atoms with E-state index in [1.165, 1.54) is 77.0 Å². The summed E-state index contributed by atoms with van der Waals surface area (Å²) in [5.74, 6) is -0.213. The number of hydrogen-bond donors (Lipinski definition) is 1. The second-order valence-corrected chi connectivity index (χ2v) is 12.6. The van der Waals surface area contributed by atoms with Gasteiger partial charge in [-0.3, -0.25) is 4.79 Å². The molecule has 47 heavy (non-hydrogen) atoms. The van der Waals surface area contributed by atoms with E-state index in [0.717, 1.165) is 70.6 Å². The van der Waals surface area contributed by atoms with E-state index in [0.29, 0.717) is 13.0 Å². The normalized spacial score (nSPS) is 13.2. The third-order valence-electron chi connectivity index (χ3n) is 8.05. The monoisotopic (exact) mass is 655 g/mol. The lowest BCUT2D eigenvalue weighted by Crippen LogP contribution is -2.27. The summed E-state index contributed by atoms with van der Waals surface area (Å²) in [5, 5.41) is 9.55. The lowest BCUT2D eigenvalue weighted by Gasteiger charge is -2.15. The van der Waals surface area contributed by atoms with Gasteiger partial charge in [-0.1, -0.05) is 170 Å². The number of unbranched alkanes of at least 4 members (excludes halogenated alkanes) is 15. The molecule has 0 aromatic heterocycles. The summed E-state index contributed by atoms with van der Waals surface area (Å²) in [6, 6.07) is 0. The zero-order valence-electron chi connectivity index (χ0n) is 30.8. The first-order valence-corrected chi connectivity index (χ1v) is 19.5. The first-order valence-electron chi connectivity index (χ1n) is 19.5. The highest BCUT2D eigenvalue weighted by Gasteiger charge is 2.13. The minimum absolute atomic E-state index is 0.182. The number of carbonyl (C=O) groups is 1. The number of carbonyl (C=O) groups excluding carboxylic acids is 1. The molecule has 0 radical (unpaired) electrons. The summed E-state index contributed by atoms with van der Waals surface area (Å²) in [6.45, 7) is 5.17. The molecule has 0 heterocycles. The molecule has 270 valence electrons. The van der Waals surface area contributed by atoms with Crippen LogP contribution in [0.5, 0.6) is 0 Å². The van der Waals surface area contributed by atoms with Crippen molar-refractivity contribution < 1.29 is 19.4 Å². The topological polar surface area (TPSA) is 55.8 Å². The average Bonchev–Trinajstić information content (AvgIpc) is 3.08. The van der Waals surface area contributed by atoms with Crippen LogP contribution in [0.15, 0.2) is 72.9 Å². The van der Waals surface area contributed by atoms with Gasteiger partial charge in [0.05, 0.1) is 13.2 Å². The first-order chi connectivity index (χ1) is 23.2. The molecule has 4 heteroatoms. The highest BCUT2D eigenvalue weighted by Crippen LogP contribution is 2.13. The predicted octanol–water partition coefficient (Wildman–Crippen LogP) is 12.6. The van der Waals surface area contributed by atoms with Crippen molar-refractivity contribution >= 4 is 5.97 Å². The molecule has 1 N–H and O–H groups in total. The van der Waals surface area contributed by atoms with E-state index < -0.39 is 6.10 Å². The zero-order chi connectivity index (χ0) is 34.1. The number of hydrogen-bond acceptors (Lipinski definition) is 4. The summed E-state index contributed by atoms with van der Waals surface area (Å²) in [4.78, 5) is 12.1. The molecular weight excluding hydrogens is 580 g/mol. The van der Waals surface area contributed by atoms with Crippen molar-refractivity contribution in [3.63, 3.8) is 0 Å². The van der Waals surface area contributed by atoms with Crippen LogP contribution >= 0.6 is 0 Å². The van der Waals surface area contributed by atoms with Crippen molar-refractivity contribution in [3.05, 3.63) is 72.9 Å². The Kier molecular flexibility index (Phi) is 38.2. The quantitative estimate of drug-likeness (QED) is 0.0420. The summed E-state index contributed by atoms with van der Waals surface area (Å²) in [6.07, 6.45) is 53.8. The molecule has 1 atom stereocenters. The van der Waals surface area contributed by atoms with Gasteiger partial charge in [0.25, 0.3) is 0 Å². The van der Waals surface area contributed by atoms with Crippen LogP contribution in [0.3, 0.4) is 0 Å². The van der Waals surface area contributed by atoms with E-state index in [-0.39, 0.29) is 19.2 Å². The summed E-state index contributed by atoms with van der Waals surface area (Å²) >= 11 is 0. The van der Waals surface area contributed by atoms with Gasteiger partial charge >= 0.3 is 5.97 Å². The van der Waals surface area contributed by atoms with Crippen molar-refractivity contribution in [2.75, 3.05) is 19.8 Å². The van der Waals surface area contributed by atoms with Gasteiger partial charge in [-0.05, 0) is 64.2 Å². The van der Waals surface area contributed by atoms with Crippen LogP contribution in [0, 0.1) is 0 Å². The zero-order valence-corrected chi connectivity index (χ0v) is 30.8. The van der Waals surface area contributed by atoms with Crippen LogP contribution in [0.1, 0.15) is 168 Å². The number of aliphatic hydroxyl groups is 1. The number of esters is 1. The minimum atomic E-state index is -0.545. The summed E-state index contributed by atoms with van der Waals surface area (Å²) in [7, 11) is 0. The Morgan fingerprint density at radius 1 is 0.532 bits per heavy atom. The van der Waals surface area contributed by atoms with E-state index in [9.17, 15) is 9.90 Å². The fourth-order valence-corrected chi connectivity index (χ4v) is 5.15. The molecule has 0 amide bonds. The van der Waals surface area contributed by atoms with Gasteiger partial charge in [0.1, 0.15) is 6.10 Å². The molecule has 1 unspecified atom stereocenters. The smallest absolute Gasteiger partial charge is 0.306 e. The molecule has 0 saturated carbocycles. The third-order valence-corrected chi connectivity index (χ3v) is 8.05. The number of ether oxygens (including phenoxy) is 2. The Morgan fingerprint density at radius 2 is 0.957 bits per heavy atom. The van der Waals surface area contributed by atoms with Crippen LogP contribution < -0.4 is 0 Å². The second-order valence-electron chi connectivity index (χ2n) is 12.6. The van der Waals surface area contributed by atoms with Crippen LogP contribution in [-0.2, 0) is 14.3 Å². The fraction of sp³-hybridized carbons (Fsp3) is 0.698. The maximum Gasteiger partial charge on any atom is 0.306 e. The molecular formula is C43H74O4. The molecule has 0 rings (SSSR count). The highest BCUT2D eigenvalue weighted by atomic mass is 16.6. The maximum absolute atomic E-state index is 12.1. The van der Waals surface area contributed by atoms with Crippen LogP contribution in [0.25, 0.3) is 0 Å². The SMILES string of the molecule is CC/C=C\C/C=C\C/C=C\C/C=C\C/C=C\C/C=C\CCCCCCCOCC(CO)OC(=O)CCCCCCCCCCCCC. The Balaban J connectivity index is 3.53. The van der Waals surface area contributed by atoms with Crippen molar-refractivity contribution in [2.45, 2.75) is 174 Å². The van der Waals surface area contributed by atoms with Gasteiger partial charge in [-0.2, -0.15) is 0 Å². The molecule has 0 aliphatic heterocycles. The van der Waals surface area contributed by atoms with E-state index in [4.69, 9.17) is 9.47 Å². The maximum atomic E-state index is 12.1. The van der Waals surface area contributed by atoms with Crippen LogP contribution in [0.2, 0.25) is 0 Å². The van der Waals surface area contributed by atoms with Gasteiger partial charge in [0, 0.05) is 13.0 Å². The molecule has 0 saturated heterocycles. The van der Waals surface area contributed by atoms with E-state index in [1.54, 1.807) is 0 Å². The van der Waals surface area contributed by atoms with Crippen molar-refractivity contribution in [1.29, 1.82) is 0 Å². The van der Waals surface area contributed by atoms with Gasteiger partial charge in [0.15, 0.2) is 0 Å². The Morgan fingerprint density at radius 3 is 1.45 bits per heavy atom. The predicted molar refractivity (Wildman–Crippen MR) is 205 cm³/mol. The standard InChI is InChI=1S/C43H74O4/c1-3-5-7-9-11-13-15-16-17-18-19-20-21-22-23-24-25-26-27-29-31-33-35-37-39-46-41-42(40-44)47-43(45)38-36-34-32-30-28-14-12-10-8-6-4-2/h5,7,11,13,16-17,19-20,22-23,25-26,42,44H,3-4,6,8-10,12,14-15,18,21,24,27-41H2,1-2H3/b7-5-,13-11-,17-16-,20-19-,23-22-,26-25-. The third kappa shape index (κ3) is 38.2.